The average Bonchev–Trinajstić information content (AvgIpc) is 3.48. The molecule has 0 spiro atoms. The third-order valence-electron chi connectivity index (χ3n) is 5.83. The third-order valence-corrected chi connectivity index (χ3v) is 6.72. The fourth-order valence-corrected chi connectivity index (χ4v) is 5.21. The van der Waals surface area contributed by atoms with E-state index in [1.807, 2.05) is 46.4 Å². The van der Waals surface area contributed by atoms with Crippen molar-refractivity contribution in [1.29, 1.82) is 0 Å². The zero-order valence-corrected chi connectivity index (χ0v) is 18.9. The zero-order chi connectivity index (χ0) is 22.0. The second-order valence-electron chi connectivity index (χ2n) is 7.64. The molecule has 1 amide bonds. The minimum absolute atomic E-state index is 0.111. The van der Waals surface area contributed by atoms with Gasteiger partial charge in [-0.3, -0.25) is 4.79 Å². The number of ether oxygens (including phenoxy) is 2. The minimum atomic E-state index is -0.433. The molecule has 3 heterocycles. The molecule has 0 aliphatic carbocycles. The summed E-state index contributed by atoms with van der Waals surface area (Å²) in [7, 11) is 3.00. The van der Waals surface area contributed by atoms with Crippen LogP contribution < -0.4 is 4.74 Å². The smallest absolute Gasteiger partial charge is 0.338 e. The molecule has 7 nitrogen and oxygen atoms in total. The van der Waals surface area contributed by atoms with Gasteiger partial charge in [0, 0.05) is 18.8 Å². The number of likely N-dealkylation sites (tertiary alicyclic amines) is 1. The van der Waals surface area contributed by atoms with Crippen LogP contribution in [0.15, 0.2) is 51.6 Å². The predicted molar refractivity (Wildman–Crippen MR) is 120 cm³/mol. The number of hydrogen-bond donors (Lipinski definition) is 0. The quantitative estimate of drug-likeness (QED) is 0.625. The van der Waals surface area contributed by atoms with E-state index in [9.17, 15) is 9.59 Å². The van der Waals surface area contributed by atoms with Gasteiger partial charge in [0.25, 0.3) is 0 Å². The molecule has 1 saturated heterocycles. The fourth-order valence-electron chi connectivity index (χ4n) is 4.27. The van der Waals surface area contributed by atoms with Gasteiger partial charge in [-0.2, -0.15) is 0 Å². The first-order chi connectivity index (χ1) is 15.1. The molecule has 1 aromatic carbocycles. The van der Waals surface area contributed by atoms with Crippen molar-refractivity contribution in [2.75, 3.05) is 27.3 Å². The van der Waals surface area contributed by atoms with Crippen molar-refractivity contribution in [3.8, 4) is 5.75 Å². The summed E-state index contributed by atoms with van der Waals surface area (Å²) in [5.74, 6) is 0.406. The number of benzene rings is 1. The van der Waals surface area contributed by atoms with Crippen molar-refractivity contribution in [3.63, 3.8) is 0 Å². The van der Waals surface area contributed by atoms with Gasteiger partial charge >= 0.3 is 5.97 Å². The molecule has 4 rings (SSSR count). The van der Waals surface area contributed by atoms with E-state index >= 15 is 0 Å². The SMILES string of the molecule is CCC1=C(C(=O)OC)[C@@H](c2cccc(OC)c2)N2C(CC(=O)N3CCCC3)=CSC2=N1. The molecule has 3 aliphatic rings. The highest BCUT2D eigenvalue weighted by molar-refractivity contribution is 8.16. The molecule has 0 saturated carbocycles. The molecule has 0 unspecified atom stereocenters. The van der Waals surface area contributed by atoms with Crippen LogP contribution in [0.25, 0.3) is 0 Å². The van der Waals surface area contributed by atoms with E-state index < -0.39 is 12.0 Å². The highest BCUT2D eigenvalue weighted by atomic mass is 32.2. The van der Waals surface area contributed by atoms with E-state index in [-0.39, 0.29) is 12.3 Å². The molecular formula is C23H27N3O4S. The van der Waals surface area contributed by atoms with Crippen LogP contribution in [0.3, 0.4) is 0 Å². The van der Waals surface area contributed by atoms with Gasteiger partial charge in [-0.1, -0.05) is 30.8 Å². The topological polar surface area (TPSA) is 71.4 Å². The molecule has 1 atom stereocenters. The van der Waals surface area contributed by atoms with Crippen LogP contribution in [0.2, 0.25) is 0 Å². The van der Waals surface area contributed by atoms with E-state index in [1.165, 1.54) is 18.9 Å². The van der Waals surface area contributed by atoms with Crippen LogP contribution in [0, 0.1) is 0 Å². The summed E-state index contributed by atoms with van der Waals surface area (Å²) < 4.78 is 10.6. The maximum atomic E-state index is 12.9. The highest BCUT2D eigenvalue weighted by Crippen LogP contribution is 2.46. The van der Waals surface area contributed by atoms with Crippen molar-refractivity contribution >= 4 is 28.8 Å². The molecule has 8 heteroatoms. The first-order valence-corrected chi connectivity index (χ1v) is 11.4. The number of fused-ring (bicyclic) bond motifs is 1. The van der Waals surface area contributed by atoms with Gasteiger partial charge in [0.1, 0.15) is 5.75 Å². The predicted octanol–water partition coefficient (Wildman–Crippen LogP) is 3.85. The standard InChI is InChI=1S/C23H27N3O4S/c1-4-18-20(22(28)30-3)21(15-8-7-9-17(12-15)29-2)26-16(14-31-23(26)24-18)13-19(27)25-10-5-6-11-25/h7-9,12,14,21H,4-6,10-11,13H2,1-3H3/t21-/m1/s1. The molecule has 3 aliphatic heterocycles. The van der Waals surface area contributed by atoms with Crippen molar-refractivity contribution in [3.05, 3.63) is 52.2 Å². The number of carbonyl (C=O) groups is 2. The number of hydrogen-bond acceptors (Lipinski definition) is 7. The summed E-state index contributed by atoms with van der Waals surface area (Å²) in [5, 5.41) is 2.76. The normalized spacial score (nSPS) is 20.4. The van der Waals surface area contributed by atoms with Crippen molar-refractivity contribution < 1.29 is 19.1 Å². The monoisotopic (exact) mass is 441 g/mol. The van der Waals surface area contributed by atoms with Gasteiger partial charge in [-0.05, 0) is 42.4 Å². The molecule has 1 aromatic rings. The van der Waals surface area contributed by atoms with Crippen LogP contribution in [-0.4, -0.2) is 54.2 Å². The van der Waals surface area contributed by atoms with E-state index in [4.69, 9.17) is 14.5 Å². The lowest BCUT2D eigenvalue weighted by Gasteiger charge is -2.37. The largest absolute Gasteiger partial charge is 0.497 e. The van der Waals surface area contributed by atoms with Crippen LogP contribution >= 0.6 is 11.8 Å². The van der Waals surface area contributed by atoms with Gasteiger partial charge in [-0.25, -0.2) is 9.79 Å². The summed E-state index contributed by atoms with van der Waals surface area (Å²) in [5.41, 5.74) is 2.95. The van der Waals surface area contributed by atoms with Gasteiger partial charge < -0.3 is 19.3 Å². The molecular weight excluding hydrogens is 414 g/mol. The van der Waals surface area contributed by atoms with Crippen LogP contribution in [0.5, 0.6) is 5.75 Å². The number of esters is 1. The van der Waals surface area contributed by atoms with Gasteiger partial charge in [0.2, 0.25) is 5.91 Å². The molecule has 31 heavy (non-hydrogen) atoms. The lowest BCUT2D eigenvalue weighted by Crippen LogP contribution is -2.38. The lowest BCUT2D eigenvalue weighted by atomic mass is 9.92. The van der Waals surface area contributed by atoms with Crippen LogP contribution in [0.4, 0.5) is 0 Å². The average molecular weight is 442 g/mol. The van der Waals surface area contributed by atoms with Crippen LogP contribution in [-0.2, 0) is 14.3 Å². The van der Waals surface area contributed by atoms with Crippen LogP contribution in [0.1, 0.15) is 44.2 Å². The lowest BCUT2D eigenvalue weighted by molar-refractivity contribution is -0.136. The van der Waals surface area contributed by atoms with Gasteiger partial charge in [-0.15, -0.1) is 0 Å². The number of aliphatic imine (C=N–C) groups is 1. The molecule has 0 aromatic heterocycles. The Balaban J connectivity index is 1.76. The number of allylic oxidation sites excluding steroid dienone is 1. The number of carbonyl (C=O) groups excluding carboxylic acids is 2. The van der Waals surface area contributed by atoms with Crippen molar-refractivity contribution in [1.82, 2.24) is 9.80 Å². The Morgan fingerprint density at radius 2 is 2.00 bits per heavy atom. The van der Waals surface area contributed by atoms with E-state index in [0.717, 1.165) is 42.4 Å². The summed E-state index contributed by atoms with van der Waals surface area (Å²) >= 11 is 1.49. The Hall–Kier alpha value is -2.74. The molecule has 0 N–H and O–H groups in total. The highest BCUT2D eigenvalue weighted by Gasteiger charge is 2.42. The second-order valence-corrected chi connectivity index (χ2v) is 8.48. The Morgan fingerprint density at radius 1 is 1.23 bits per heavy atom. The summed E-state index contributed by atoms with van der Waals surface area (Å²) in [4.78, 5) is 34.5. The molecule has 1 fully saturated rings. The van der Waals surface area contributed by atoms with E-state index in [2.05, 4.69) is 0 Å². The maximum Gasteiger partial charge on any atom is 0.338 e. The number of nitrogens with zero attached hydrogens (tertiary/aromatic N) is 3. The Bertz CT molecular complexity index is 979. The molecule has 0 radical (unpaired) electrons. The first-order valence-electron chi connectivity index (χ1n) is 10.5. The maximum absolute atomic E-state index is 12.9. The summed E-state index contributed by atoms with van der Waals surface area (Å²) in [6.45, 7) is 3.60. The number of amides is 1. The zero-order valence-electron chi connectivity index (χ0n) is 18.1. The third kappa shape index (κ3) is 4.08. The Labute approximate surface area is 186 Å². The second kappa shape index (κ2) is 9.18. The Kier molecular flexibility index (Phi) is 6.36. The van der Waals surface area contributed by atoms with E-state index in [0.29, 0.717) is 23.4 Å². The van der Waals surface area contributed by atoms with E-state index in [1.54, 1.807) is 7.11 Å². The van der Waals surface area contributed by atoms with Crippen molar-refractivity contribution in [2.45, 2.75) is 38.6 Å². The fraction of sp³-hybridized carbons (Fsp3) is 0.435. The Morgan fingerprint density at radius 3 is 2.68 bits per heavy atom. The minimum Gasteiger partial charge on any atom is -0.497 e. The first kappa shape index (κ1) is 21.5. The van der Waals surface area contributed by atoms with Crippen molar-refractivity contribution in [2.24, 2.45) is 4.99 Å². The number of rotatable bonds is 6. The number of methoxy groups -OCH3 is 2. The van der Waals surface area contributed by atoms with Gasteiger partial charge in [0.15, 0.2) is 5.17 Å². The molecule has 164 valence electrons. The van der Waals surface area contributed by atoms with Gasteiger partial charge in [0.05, 0.1) is 38.0 Å². The number of thioether (sulfide) groups is 1. The summed E-state index contributed by atoms with van der Waals surface area (Å²) in [6, 6.07) is 7.23. The molecule has 0 bridgehead atoms. The number of amidine groups is 1. The summed E-state index contributed by atoms with van der Waals surface area (Å²) in [6.07, 6.45) is 2.99.